The highest BCUT2D eigenvalue weighted by Gasteiger charge is 2.18. The molecular formula is C23H21N3O2S2. The van der Waals surface area contributed by atoms with E-state index >= 15 is 0 Å². The van der Waals surface area contributed by atoms with Gasteiger partial charge in [0.2, 0.25) is 0 Å². The van der Waals surface area contributed by atoms with E-state index in [0.29, 0.717) is 27.6 Å². The maximum absolute atomic E-state index is 13.4. The monoisotopic (exact) mass is 435 g/mol. The van der Waals surface area contributed by atoms with Gasteiger partial charge in [-0.05, 0) is 24.6 Å². The van der Waals surface area contributed by atoms with Crippen LogP contribution >= 0.6 is 23.1 Å². The van der Waals surface area contributed by atoms with Crippen molar-refractivity contribution in [2.24, 2.45) is 7.05 Å². The molecule has 7 heteroatoms. The zero-order valence-corrected chi connectivity index (χ0v) is 18.4. The van der Waals surface area contributed by atoms with E-state index in [1.165, 1.54) is 28.7 Å². The number of Topliss-reactive ketones (excluding diaryl/α,β-unsaturated/α-hetero) is 1. The molecular weight excluding hydrogens is 414 g/mol. The molecule has 0 atom stereocenters. The molecule has 0 radical (unpaired) electrons. The van der Waals surface area contributed by atoms with Crippen LogP contribution in [0.1, 0.15) is 16.1 Å². The minimum Gasteiger partial charge on any atom is -0.348 e. The summed E-state index contributed by atoms with van der Waals surface area (Å²) in [4.78, 5) is 31.3. The van der Waals surface area contributed by atoms with Crippen molar-refractivity contribution in [2.75, 3.05) is 5.75 Å². The number of aryl methyl sites for hydroxylation is 2. The Kier molecular flexibility index (Phi) is 5.74. The fourth-order valence-corrected chi connectivity index (χ4v) is 5.18. The van der Waals surface area contributed by atoms with Crippen molar-refractivity contribution in [1.29, 1.82) is 0 Å². The topological polar surface area (TPSA) is 56.9 Å². The van der Waals surface area contributed by atoms with E-state index < -0.39 is 0 Å². The van der Waals surface area contributed by atoms with Crippen molar-refractivity contribution in [3.8, 4) is 11.1 Å². The van der Waals surface area contributed by atoms with E-state index in [4.69, 9.17) is 4.98 Å². The number of ketones is 1. The Morgan fingerprint density at radius 3 is 2.70 bits per heavy atom. The van der Waals surface area contributed by atoms with Crippen LogP contribution in [0, 0.1) is 6.92 Å². The number of benzene rings is 1. The summed E-state index contributed by atoms with van der Waals surface area (Å²) in [5.41, 5.74) is 3.59. The van der Waals surface area contributed by atoms with Gasteiger partial charge in [0.1, 0.15) is 4.83 Å². The Hall–Kier alpha value is -2.90. The first-order valence-electron chi connectivity index (χ1n) is 9.47. The van der Waals surface area contributed by atoms with Crippen LogP contribution in [0.4, 0.5) is 0 Å². The first-order valence-corrected chi connectivity index (χ1v) is 11.3. The molecule has 0 saturated heterocycles. The molecule has 0 aliphatic carbocycles. The molecule has 4 rings (SSSR count). The van der Waals surface area contributed by atoms with Crippen LogP contribution in [0.15, 0.2) is 70.6 Å². The number of carbonyl (C=O) groups is 1. The Morgan fingerprint density at radius 2 is 2.03 bits per heavy atom. The average Bonchev–Trinajstić information content (AvgIpc) is 3.35. The molecule has 1 aromatic carbocycles. The number of nitrogens with zero attached hydrogens (tertiary/aromatic N) is 3. The summed E-state index contributed by atoms with van der Waals surface area (Å²) in [5, 5.41) is 3.13. The van der Waals surface area contributed by atoms with Gasteiger partial charge in [-0.15, -0.1) is 17.9 Å². The van der Waals surface area contributed by atoms with Crippen molar-refractivity contribution in [3.05, 3.63) is 82.2 Å². The standard InChI is InChI=1S/C23H21N3O2S2/c1-4-11-26-22(28)20-17(16-9-7-15(2)8-10-16)13-29-21(20)24-23(26)30-14-19(27)18-6-5-12-25(18)3/h4-10,12-13H,1,11,14H2,2-3H3. The first kappa shape index (κ1) is 20.4. The number of hydrogen-bond donors (Lipinski definition) is 0. The van der Waals surface area contributed by atoms with Gasteiger partial charge in [0.05, 0.1) is 16.8 Å². The Morgan fingerprint density at radius 1 is 1.27 bits per heavy atom. The quantitative estimate of drug-likeness (QED) is 0.179. The Labute approximate surface area is 182 Å². The van der Waals surface area contributed by atoms with Crippen molar-refractivity contribution >= 4 is 39.1 Å². The zero-order valence-electron chi connectivity index (χ0n) is 16.8. The summed E-state index contributed by atoms with van der Waals surface area (Å²) in [5.74, 6) is 0.210. The zero-order chi connectivity index (χ0) is 21.3. The molecule has 0 bridgehead atoms. The predicted octanol–water partition coefficient (Wildman–Crippen LogP) is 4.93. The summed E-state index contributed by atoms with van der Waals surface area (Å²) >= 11 is 2.74. The van der Waals surface area contributed by atoms with Gasteiger partial charge in [-0.25, -0.2) is 4.98 Å². The van der Waals surface area contributed by atoms with E-state index in [1.54, 1.807) is 21.3 Å². The van der Waals surface area contributed by atoms with Crippen LogP contribution in [0.25, 0.3) is 21.3 Å². The number of thiophene rings is 1. The first-order chi connectivity index (χ1) is 14.5. The second-order valence-corrected chi connectivity index (χ2v) is 8.81. The van der Waals surface area contributed by atoms with Gasteiger partial charge in [-0.2, -0.15) is 0 Å². The van der Waals surface area contributed by atoms with Crippen LogP contribution in [0.3, 0.4) is 0 Å². The van der Waals surface area contributed by atoms with Crippen molar-refractivity contribution < 1.29 is 4.79 Å². The lowest BCUT2D eigenvalue weighted by atomic mass is 10.1. The predicted molar refractivity (Wildman–Crippen MR) is 125 cm³/mol. The molecule has 0 saturated carbocycles. The molecule has 4 aromatic rings. The van der Waals surface area contributed by atoms with E-state index in [2.05, 4.69) is 6.58 Å². The van der Waals surface area contributed by atoms with E-state index in [1.807, 2.05) is 55.9 Å². The average molecular weight is 436 g/mol. The van der Waals surface area contributed by atoms with E-state index in [-0.39, 0.29) is 17.1 Å². The summed E-state index contributed by atoms with van der Waals surface area (Å²) < 4.78 is 3.39. The highest BCUT2D eigenvalue weighted by atomic mass is 32.2. The minimum absolute atomic E-state index is 0.00137. The molecule has 30 heavy (non-hydrogen) atoms. The second kappa shape index (κ2) is 8.45. The van der Waals surface area contributed by atoms with Crippen LogP contribution in [-0.2, 0) is 13.6 Å². The van der Waals surface area contributed by atoms with Crippen LogP contribution in [0.2, 0.25) is 0 Å². The van der Waals surface area contributed by atoms with Gasteiger partial charge < -0.3 is 4.57 Å². The van der Waals surface area contributed by atoms with Crippen molar-refractivity contribution in [1.82, 2.24) is 14.1 Å². The third-order valence-corrected chi connectivity index (χ3v) is 6.74. The SMILES string of the molecule is C=CCn1c(SCC(=O)c2cccn2C)nc2scc(-c3ccc(C)cc3)c2c1=O. The molecule has 0 fully saturated rings. The lowest BCUT2D eigenvalue weighted by Gasteiger charge is -2.11. The number of fused-ring (bicyclic) bond motifs is 1. The van der Waals surface area contributed by atoms with Gasteiger partial charge in [0.25, 0.3) is 5.56 Å². The van der Waals surface area contributed by atoms with Crippen LogP contribution < -0.4 is 5.56 Å². The van der Waals surface area contributed by atoms with E-state index in [0.717, 1.165) is 11.1 Å². The van der Waals surface area contributed by atoms with Crippen LogP contribution in [0.5, 0.6) is 0 Å². The maximum atomic E-state index is 13.4. The lowest BCUT2D eigenvalue weighted by Crippen LogP contribution is -2.23. The summed E-state index contributed by atoms with van der Waals surface area (Å²) in [6.07, 6.45) is 3.52. The van der Waals surface area contributed by atoms with Gasteiger partial charge in [0.15, 0.2) is 10.9 Å². The number of rotatable bonds is 7. The number of allylic oxidation sites excluding steroid dienone is 1. The van der Waals surface area contributed by atoms with Gasteiger partial charge in [-0.1, -0.05) is 47.7 Å². The summed E-state index contributed by atoms with van der Waals surface area (Å²) in [6, 6.07) is 11.8. The number of carbonyl (C=O) groups excluding carboxylic acids is 1. The van der Waals surface area contributed by atoms with Gasteiger partial charge >= 0.3 is 0 Å². The van der Waals surface area contributed by atoms with Gasteiger partial charge in [0, 0.05) is 30.7 Å². The molecule has 3 aromatic heterocycles. The fourth-order valence-electron chi connectivity index (χ4n) is 3.31. The molecule has 0 aliphatic rings. The van der Waals surface area contributed by atoms with Crippen molar-refractivity contribution in [2.45, 2.75) is 18.6 Å². The van der Waals surface area contributed by atoms with Crippen molar-refractivity contribution in [3.63, 3.8) is 0 Å². The normalized spacial score (nSPS) is 11.1. The van der Waals surface area contributed by atoms with Gasteiger partial charge in [-0.3, -0.25) is 14.2 Å². The molecule has 5 nitrogen and oxygen atoms in total. The molecule has 0 spiro atoms. The smallest absolute Gasteiger partial charge is 0.263 e. The number of thioether (sulfide) groups is 1. The largest absolute Gasteiger partial charge is 0.348 e. The minimum atomic E-state index is -0.106. The van der Waals surface area contributed by atoms with Crippen LogP contribution in [-0.4, -0.2) is 25.7 Å². The second-order valence-electron chi connectivity index (χ2n) is 7.01. The third-order valence-electron chi connectivity index (χ3n) is 4.89. The summed E-state index contributed by atoms with van der Waals surface area (Å²) in [6.45, 7) is 6.15. The molecule has 0 aliphatic heterocycles. The summed E-state index contributed by atoms with van der Waals surface area (Å²) in [7, 11) is 1.84. The molecule has 0 unspecified atom stereocenters. The highest BCUT2D eigenvalue weighted by molar-refractivity contribution is 7.99. The Bertz CT molecular complexity index is 1300. The molecule has 0 N–H and O–H groups in total. The number of hydrogen-bond acceptors (Lipinski definition) is 5. The Balaban J connectivity index is 1.74. The maximum Gasteiger partial charge on any atom is 0.263 e. The number of aromatic nitrogens is 3. The highest BCUT2D eigenvalue weighted by Crippen LogP contribution is 2.32. The molecule has 152 valence electrons. The third kappa shape index (κ3) is 3.78. The van der Waals surface area contributed by atoms with E-state index in [9.17, 15) is 9.59 Å². The molecule has 3 heterocycles. The molecule has 0 amide bonds. The lowest BCUT2D eigenvalue weighted by molar-refractivity contribution is 0.101. The fraction of sp³-hybridized carbons (Fsp3) is 0.174.